The summed E-state index contributed by atoms with van der Waals surface area (Å²) < 4.78 is 43.5. The second-order valence-electron chi connectivity index (χ2n) is 8.01. The zero-order valence-electron chi connectivity index (χ0n) is 19.0. The second kappa shape index (κ2) is 9.17. The van der Waals surface area contributed by atoms with Crippen molar-refractivity contribution in [3.05, 3.63) is 87.1 Å². The summed E-state index contributed by atoms with van der Waals surface area (Å²) >= 11 is 0. The third kappa shape index (κ3) is 4.21. The summed E-state index contributed by atoms with van der Waals surface area (Å²) in [6.45, 7) is 5.80. The Labute approximate surface area is 193 Å². The molecule has 2 heterocycles. The Kier molecular flexibility index (Phi) is 6.28. The molecule has 2 aromatic heterocycles. The number of carbonyl (C=O) groups is 1. The topological polar surface area (TPSA) is 68.9 Å². The third-order valence-electron chi connectivity index (χ3n) is 5.80. The molecule has 1 N–H and O–H groups in total. The van der Waals surface area contributed by atoms with Crippen molar-refractivity contribution in [2.24, 2.45) is 0 Å². The van der Waals surface area contributed by atoms with Gasteiger partial charge in [0.2, 0.25) is 5.91 Å². The lowest BCUT2D eigenvalue weighted by Gasteiger charge is -2.14. The maximum atomic E-state index is 13.9. The molecule has 0 fully saturated rings. The lowest BCUT2D eigenvalue weighted by Crippen LogP contribution is -2.27. The summed E-state index contributed by atoms with van der Waals surface area (Å²) in [5, 5.41) is 7.85. The molecule has 0 aliphatic heterocycles. The fourth-order valence-electron chi connectivity index (χ4n) is 4.19. The number of carbonyl (C=O) groups excluding carboxylic acids is 1. The number of amides is 1. The molecule has 176 valence electrons. The van der Waals surface area contributed by atoms with Crippen LogP contribution in [-0.2, 0) is 17.8 Å². The summed E-state index contributed by atoms with van der Waals surface area (Å²) in [7, 11) is 0. The van der Waals surface area contributed by atoms with Crippen molar-refractivity contribution in [2.45, 2.75) is 40.2 Å². The number of benzene rings is 2. The molecule has 0 radical (unpaired) electrons. The normalized spacial score (nSPS) is 11.2. The number of fused-ring (bicyclic) bond motifs is 1. The van der Waals surface area contributed by atoms with Gasteiger partial charge in [0, 0.05) is 35.7 Å². The van der Waals surface area contributed by atoms with Gasteiger partial charge >= 0.3 is 0 Å². The molecular weight excluding hydrogens is 445 g/mol. The van der Waals surface area contributed by atoms with Gasteiger partial charge in [-0.05, 0) is 63.1 Å². The van der Waals surface area contributed by atoms with Crippen LogP contribution >= 0.6 is 0 Å². The Morgan fingerprint density at radius 3 is 2.50 bits per heavy atom. The molecule has 0 atom stereocenters. The van der Waals surface area contributed by atoms with Crippen LogP contribution in [0.3, 0.4) is 0 Å². The molecule has 0 saturated heterocycles. The van der Waals surface area contributed by atoms with Crippen LogP contribution < -0.4 is 10.9 Å². The predicted octanol–water partition coefficient (Wildman–Crippen LogP) is 4.81. The third-order valence-corrected chi connectivity index (χ3v) is 5.80. The monoisotopic (exact) mass is 468 g/mol. The smallest absolute Gasteiger partial charge is 0.255 e. The van der Waals surface area contributed by atoms with Gasteiger partial charge in [-0.1, -0.05) is 6.07 Å². The molecule has 4 rings (SSSR count). The standard InChI is InChI=1S/C25H23F3N4O2/c1-4-31-24-23(15(3)30-32(24)18-7-5-6-16(26)12-18)14(2)19(25(31)34)9-11-22(33)29-17-8-10-20(27)21(28)13-17/h5-8,10,12-13H,4,9,11H2,1-3H3,(H,29,33). The second-order valence-corrected chi connectivity index (χ2v) is 8.01. The van der Waals surface area contributed by atoms with Gasteiger partial charge < -0.3 is 5.32 Å². The van der Waals surface area contributed by atoms with Crippen molar-refractivity contribution >= 4 is 22.6 Å². The number of pyridine rings is 1. The molecule has 9 heteroatoms. The fraction of sp³-hybridized carbons (Fsp3) is 0.240. The number of nitrogens with one attached hydrogen (secondary N) is 1. The van der Waals surface area contributed by atoms with Crippen LogP contribution in [-0.4, -0.2) is 20.3 Å². The van der Waals surface area contributed by atoms with Gasteiger partial charge in [0.25, 0.3) is 5.56 Å². The van der Waals surface area contributed by atoms with Gasteiger partial charge in [-0.2, -0.15) is 5.10 Å². The summed E-state index contributed by atoms with van der Waals surface area (Å²) in [6.07, 6.45) is 0.127. The highest BCUT2D eigenvalue weighted by atomic mass is 19.2. The maximum absolute atomic E-state index is 13.9. The molecule has 0 aliphatic carbocycles. The number of anilines is 1. The number of aryl methyl sites for hydroxylation is 3. The van der Waals surface area contributed by atoms with Crippen molar-refractivity contribution in [2.75, 3.05) is 5.32 Å². The first-order chi connectivity index (χ1) is 16.2. The van der Waals surface area contributed by atoms with Crippen molar-refractivity contribution in [1.82, 2.24) is 14.3 Å². The number of hydrogen-bond donors (Lipinski definition) is 1. The lowest BCUT2D eigenvalue weighted by atomic mass is 10.0. The first kappa shape index (κ1) is 23.3. The quantitative estimate of drug-likeness (QED) is 0.442. The minimum Gasteiger partial charge on any atom is -0.326 e. The number of halogens is 3. The highest BCUT2D eigenvalue weighted by Crippen LogP contribution is 2.26. The summed E-state index contributed by atoms with van der Waals surface area (Å²) in [6, 6.07) is 9.08. The SMILES string of the molecule is CCn1c(=O)c(CCC(=O)Nc2ccc(F)c(F)c2)c(C)c2c(C)nn(-c3cccc(F)c3)c21. The molecule has 4 aromatic rings. The summed E-state index contributed by atoms with van der Waals surface area (Å²) in [4.78, 5) is 25.8. The lowest BCUT2D eigenvalue weighted by molar-refractivity contribution is -0.116. The molecule has 0 saturated carbocycles. The van der Waals surface area contributed by atoms with Gasteiger partial charge in [-0.15, -0.1) is 0 Å². The molecule has 2 aromatic carbocycles. The summed E-state index contributed by atoms with van der Waals surface area (Å²) in [5.74, 6) is -2.91. The molecule has 34 heavy (non-hydrogen) atoms. The molecule has 6 nitrogen and oxygen atoms in total. The van der Waals surface area contributed by atoms with Crippen molar-refractivity contribution in [1.29, 1.82) is 0 Å². The van der Waals surface area contributed by atoms with E-state index >= 15 is 0 Å². The van der Waals surface area contributed by atoms with Crippen molar-refractivity contribution in [3.8, 4) is 5.69 Å². The minimum atomic E-state index is -1.06. The van der Waals surface area contributed by atoms with E-state index in [0.717, 1.165) is 17.5 Å². The van der Waals surface area contributed by atoms with E-state index < -0.39 is 23.4 Å². The van der Waals surface area contributed by atoms with Gasteiger partial charge in [0.15, 0.2) is 11.6 Å². The largest absolute Gasteiger partial charge is 0.326 e. The summed E-state index contributed by atoms with van der Waals surface area (Å²) in [5.41, 5.74) is 2.77. The van der Waals surface area contributed by atoms with Gasteiger partial charge in [-0.25, -0.2) is 17.9 Å². The molecule has 0 unspecified atom stereocenters. The Balaban J connectivity index is 1.70. The fourth-order valence-corrected chi connectivity index (χ4v) is 4.19. The molecule has 0 aliphatic rings. The Bertz CT molecular complexity index is 1470. The number of rotatable bonds is 6. The number of hydrogen-bond acceptors (Lipinski definition) is 3. The zero-order chi connectivity index (χ0) is 24.6. The average Bonchev–Trinajstić information content (AvgIpc) is 3.13. The highest BCUT2D eigenvalue weighted by molar-refractivity contribution is 5.91. The van der Waals surface area contributed by atoms with E-state index in [9.17, 15) is 22.8 Å². The van der Waals surface area contributed by atoms with Crippen LogP contribution in [0.25, 0.3) is 16.7 Å². The van der Waals surface area contributed by atoms with Crippen LogP contribution in [0.4, 0.5) is 18.9 Å². The Hall–Kier alpha value is -3.88. The van der Waals surface area contributed by atoms with Gasteiger partial charge in [0.05, 0.1) is 11.4 Å². The molecule has 0 bridgehead atoms. The molecule has 1 amide bonds. The van der Waals surface area contributed by atoms with E-state index in [1.807, 2.05) is 13.8 Å². The van der Waals surface area contributed by atoms with E-state index in [1.165, 1.54) is 18.2 Å². The molecule has 0 spiro atoms. The average molecular weight is 468 g/mol. The zero-order valence-corrected chi connectivity index (χ0v) is 19.0. The van der Waals surface area contributed by atoms with Crippen LogP contribution in [0.15, 0.2) is 47.3 Å². The van der Waals surface area contributed by atoms with Crippen LogP contribution in [0.5, 0.6) is 0 Å². The van der Waals surface area contributed by atoms with Crippen LogP contribution in [0.2, 0.25) is 0 Å². The van der Waals surface area contributed by atoms with Gasteiger partial charge in [0.1, 0.15) is 11.5 Å². The van der Waals surface area contributed by atoms with Gasteiger partial charge in [-0.3, -0.25) is 14.2 Å². The van der Waals surface area contributed by atoms with Crippen molar-refractivity contribution < 1.29 is 18.0 Å². The Morgan fingerprint density at radius 2 is 1.82 bits per heavy atom. The van der Waals surface area contributed by atoms with E-state index in [-0.39, 0.29) is 24.1 Å². The van der Waals surface area contributed by atoms with E-state index in [1.54, 1.807) is 28.3 Å². The highest BCUT2D eigenvalue weighted by Gasteiger charge is 2.21. The first-order valence-corrected chi connectivity index (χ1v) is 10.8. The van der Waals surface area contributed by atoms with Crippen LogP contribution in [0.1, 0.15) is 30.2 Å². The number of nitrogens with zero attached hydrogens (tertiary/aromatic N) is 3. The predicted molar refractivity (Wildman–Crippen MR) is 124 cm³/mol. The van der Waals surface area contributed by atoms with Crippen LogP contribution in [0, 0.1) is 31.3 Å². The Morgan fingerprint density at radius 1 is 1.06 bits per heavy atom. The first-order valence-electron chi connectivity index (χ1n) is 10.8. The van der Waals surface area contributed by atoms with E-state index in [0.29, 0.717) is 34.7 Å². The maximum Gasteiger partial charge on any atom is 0.255 e. The van der Waals surface area contributed by atoms with Crippen molar-refractivity contribution in [3.63, 3.8) is 0 Å². The number of aromatic nitrogens is 3. The minimum absolute atomic E-state index is 0.0264. The van der Waals surface area contributed by atoms with E-state index in [4.69, 9.17) is 0 Å². The molecular formula is C25H23F3N4O2. The van der Waals surface area contributed by atoms with E-state index in [2.05, 4.69) is 10.4 Å².